The number of nitrogens with one attached hydrogen (secondary N) is 1. The molecular weight excluding hydrogens is 382 g/mol. The first-order chi connectivity index (χ1) is 13.2. The maximum Gasteiger partial charge on any atom is 0.339 e. The van der Waals surface area contributed by atoms with Gasteiger partial charge in [0.2, 0.25) is 5.91 Å². The maximum absolute atomic E-state index is 12.4. The quantitative estimate of drug-likeness (QED) is 0.400. The van der Waals surface area contributed by atoms with Crippen LogP contribution < -0.4 is 5.32 Å². The molecule has 2 aromatic heterocycles. The van der Waals surface area contributed by atoms with Crippen LogP contribution in [0.15, 0.2) is 35.6 Å². The SMILES string of the molecule is COC(=O)c1ccccc1NC(=O)CSc1ncnc2sc3c(c12)CCC3. The second-order valence-corrected chi connectivity index (χ2v) is 8.14. The van der Waals surface area contributed by atoms with Crippen molar-refractivity contribution >= 4 is 50.9 Å². The summed E-state index contributed by atoms with van der Waals surface area (Å²) >= 11 is 3.12. The highest BCUT2D eigenvalue weighted by atomic mass is 32.2. The first kappa shape index (κ1) is 17.9. The number of ether oxygens (including phenoxy) is 1. The van der Waals surface area contributed by atoms with Crippen molar-refractivity contribution in [3.63, 3.8) is 0 Å². The number of rotatable bonds is 5. The summed E-state index contributed by atoms with van der Waals surface area (Å²) in [5, 5.41) is 4.73. The predicted molar refractivity (Wildman–Crippen MR) is 107 cm³/mol. The van der Waals surface area contributed by atoms with Gasteiger partial charge in [0.05, 0.1) is 24.1 Å². The number of carbonyl (C=O) groups is 2. The summed E-state index contributed by atoms with van der Waals surface area (Å²) < 4.78 is 4.76. The van der Waals surface area contributed by atoms with Crippen LogP contribution in [0.4, 0.5) is 5.69 Å². The first-order valence-corrected chi connectivity index (χ1v) is 10.3. The molecule has 0 saturated heterocycles. The van der Waals surface area contributed by atoms with E-state index in [1.807, 2.05) is 0 Å². The second-order valence-electron chi connectivity index (χ2n) is 6.09. The van der Waals surface area contributed by atoms with E-state index in [1.165, 1.54) is 35.7 Å². The zero-order valence-electron chi connectivity index (χ0n) is 14.7. The van der Waals surface area contributed by atoms with Crippen molar-refractivity contribution in [1.29, 1.82) is 0 Å². The Labute approximate surface area is 164 Å². The van der Waals surface area contributed by atoms with Gasteiger partial charge < -0.3 is 10.1 Å². The van der Waals surface area contributed by atoms with Crippen LogP contribution in [0.1, 0.15) is 27.2 Å². The van der Waals surface area contributed by atoms with E-state index in [-0.39, 0.29) is 11.7 Å². The molecule has 0 aliphatic heterocycles. The van der Waals surface area contributed by atoms with Gasteiger partial charge in [-0.15, -0.1) is 11.3 Å². The van der Waals surface area contributed by atoms with Crippen LogP contribution in [-0.2, 0) is 22.4 Å². The van der Waals surface area contributed by atoms with Crippen molar-refractivity contribution < 1.29 is 14.3 Å². The number of nitrogens with zero attached hydrogens (tertiary/aromatic N) is 2. The lowest BCUT2D eigenvalue weighted by Crippen LogP contribution is -2.17. The second kappa shape index (κ2) is 7.66. The predicted octanol–water partition coefficient (Wildman–Crippen LogP) is 3.70. The average Bonchev–Trinajstić information content (AvgIpc) is 3.27. The van der Waals surface area contributed by atoms with Gasteiger partial charge in [-0.25, -0.2) is 14.8 Å². The number of thioether (sulfide) groups is 1. The number of methoxy groups -OCH3 is 1. The molecule has 0 saturated carbocycles. The number of esters is 1. The van der Waals surface area contributed by atoms with E-state index in [1.54, 1.807) is 41.9 Å². The van der Waals surface area contributed by atoms with Crippen molar-refractivity contribution in [2.45, 2.75) is 24.3 Å². The van der Waals surface area contributed by atoms with Gasteiger partial charge in [0.1, 0.15) is 16.2 Å². The Morgan fingerprint density at radius 2 is 2.11 bits per heavy atom. The minimum atomic E-state index is -0.482. The summed E-state index contributed by atoms with van der Waals surface area (Å²) in [6.07, 6.45) is 4.88. The molecule has 1 aliphatic carbocycles. The third-order valence-corrected chi connectivity index (χ3v) is 6.60. The lowest BCUT2D eigenvalue weighted by molar-refractivity contribution is -0.113. The number of fused-ring (bicyclic) bond motifs is 3. The molecule has 0 radical (unpaired) electrons. The molecule has 138 valence electrons. The average molecular weight is 399 g/mol. The zero-order chi connectivity index (χ0) is 18.8. The van der Waals surface area contributed by atoms with Crippen molar-refractivity contribution in [3.05, 3.63) is 46.6 Å². The lowest BCUT2D eigenvalue weighted by Gasteiger charge is -2.09. The van der Waals surface area contributed by atoms with Gasteiger partial charge >= 0.3 is 5.97 Å². The van der Waals surface area contributed by atoms with E-state index in [0.717, 1.165) is 28.1 Å². The molecule has 1 amide bonds. The highest BCUT2D eigenvalue weighted by molar-refractivity contribution is 8.00. The number of aryl methyl sites for hydroxylation is 2. The van der Waals surface area contributed by atoms with Crippen LogP contribution in [-0.4, -0.2) is 34.7 Å². The van der Waals surface area contributed by atoms with Crippen LogP contribution in [0.2, 0.25) is 0 Å². The first-order valence-electron chi connectivity index (χ1n) is 8.52. The molecule has 27 heavy (non-hydrogen) atoms. The Balaban J connectivity index is 1.50. The standard InChI is InChI=1S/C19H17N3O3S2/c1-25-19(24)11-5-2-3-7-13(11)22-15(23)9-26-17-16-12-6-4-8-14(12)27-18(16)21-10-20-17/h2-3,5,7,10H,4,6,8-9H2,1H3,(H,22,23). The summed E-state index contributed by atoms with van der Waals surface area (Å²) in [4.78, 5) is 35.4. The van der Waals surface area contributed by atoms with E-state index in [0.29, 0.717) is 11.3 Å². The number of anilines is 1. The van der Waals surface area contributed by atoms with Gasteiger partial charge in [-0.1, -0.05) is 23.9 Å². The molecule has 0 spiro atoms. The summed E-state index contributed by atoms with van der Waals surface area (Å²) in [5.74, 6) is -0.480. The number of carbonyl (C=O) groups excluding carboxylic acids is 2. The van der Waals surface area contributed by atoms with E-state index >= 15 is 0 Å². The third kappa shape index (κ3) is 3.54. The van der Waals surface area contributed by atoms with Gasteiger partial charge in [0.25, 0.3) is 0 Å². The summed E-state index contributed by atoms with van der Waals surface area (Å²) in [7, 11) is 1.32. The minimum Gasteiger partial charge on any atom is -0.465 e. The van der Waals surface area contributed by atoms with E-state index in [2.05, 4.69) is 15.3 Å². The van der Waals surface area contributed by atoms with Crippen LogP contribution in [0.3, 0.4) is 0 Å². The Kier molecular flexibility index (Phi) is 5.09. The van der Waals surface area contributed by atoms with Crippen molar-refractivity contribution in [2.75, 3.05) is 18.2 Å². The Hall–Kier alpha value is -2.45. The molecule has 4 rings (SSSR count). The molecule has 0 unspecified atom stereocenters. The van der Waals surface area contributed by atoms with Gasteiger partial charge in [0, 0.05) is 10.3 Å². The third-order valence-electron chi connectivity index (χ3n) is 4.41. The molecule has 0 bridgehead atoms. The normalized spacial score (nSPS) is 12.8. The number of hydrogen-bond donors (Lipinski definition) is 1. The molecule has 2 heterocycles. The van der Waals surface area contributed by atoms with Crippen molar-refractivity contribution in [3.8, 4) is 0 Å². The highest BCUT2D eigenvalue weighted by Gasteiger charge is 2.22. The molecule has 0 fully saturated rings. The van der Waals surface area contributed by atoms with E-state index in [9.17, 15) is 9.59 Å². The molecule has 1 N–H and O–H groups in total. The number of para-hydroxylation sites is 1. The van der Waals surface area contributed by atoms with Gasteiger partial charge in [-0.05, 0) is 37.0 Å². The number of amides is 1. The molecule has 3 aromatic rings. The smallest absolute Gasteiger partial charge is 0.339 e. The Morgan fingerprint density at radius 1 is 1.26 bits per heavy atom. The van der Waals surface area contributed by atoms with Crippen LogP contribution >= 0.6 is 23.1 Å². The molecule has 8 heteroatoms. The fraction of sp³-hybridized carbons (Fsp3) is 0.263. The highest BCUT2D eigenvalue weighted by Crippen LogP contribution is 2.40. The molecule has 0 atom stereocenters. The largest absolute Gasteiger partial charge is 0.465 e. The summed E-state index contributed by atoms with van der Waals surface area (Å²) in [6, 6.07) is 6.80. The van der Waals surface area contributed by atoms with Gasteiger partial charge in [-0.3, -0.25) is 4.79 Å². The fourth-order valence-corrected chi connectivity index (χ4v) is 5.33. The number of aromatic nitrogens is 2. The molecule has 1 aromatic carbocycles. The fourth-order valence-electron chi connectivity index (χ4n) is 3.21. The van der Waals surface area contributed by atoms with Gasteiger partial charge in [-0.2, -0.15) is 0 Å². The monoisotopic (exact) mass is 399 g/mol. The van der Waals surface area contributed by atoms with E-state index < -0.39 is 5.97 Å². The maximum atomic E-state index is 12.4. The van der Waals surface area contributed by atoms with Crippen LogP contribution in [0, 0.1) is 0 Å². The molecule has 6 nitrogen and oxygen atoms in total. The van der Waals surface area contributed by atoms with Gasteiger partial charge in [0.15, 0.2) is 0 Å². The number of hydrogen-bond acceptors (Lipinski definition) is 7. The van der Waals surface area contributed by atoms with Crippen LogP contribution in [0.5, 0.6) is 0 Å². The van der Waals surface area contributed by atoms with Crippen molar-refractivity contribution in [2.24, 2.45) is 0 Å². The molecule has 1 aliphatic rings. The number of benzene rings is 1. The number of thiophene rings is 1. The lowest BCUT2D eigenvalue weighted by atomic mass is 10.2. The van der Waals surface area contributed by atoms with E-state index in [4.69, 9.17) is 4.74 Å². The zero-order valence-corrected chi connectivity index (χ0v) is 16.3. The summed E-state index contributed by atoms with van der Waals surface area (Å²) in [6.45, 7) is 0. The minimum absolute atomic E-state index is 0.199. The van der Waals surface area contributed by atoms with Crippen LogP contribution in [0.25, 0.3) is 10.2 Å². The topological polar surface area (TPSA) is 81.2 Å². The van der Waals surface area contributed by atoms with Crippen molar-refractivity contribution in [1.82, 2.24) is 9.97 Å². The Morgan fingerprint density at radius 3 is 2.96 bits per heavy atom. The Bertz CT molecular complexity index is 1030. The molecular formula is C19H17N3O3S2. The summed E-state index contributed by atoms with van der Waals surface area (Å²) in [5.41, 5.74) is 2.12.